The first-order chi connectivity index (χ1) is 10.1. The van der Waals surface area contributed by atoms with E-state index >= 15 is 0 Å². The van der Waals surface area contributed by atoms with Gasteiger partial charge in [0.2, 0.25) is 5.91 Å². The monoisotopic (exact) mass is 296 g/mol. The van der Waals surface area contributed by atoms with Gasteiger partial charge < -0.3 is 20.9 Å². The molecular formula is C15H28N4O2. The third kappa shape index (κ3) is 4.09. The van der Waals surface area contributed by atoms with Gasteiger partial charge in [0.05, 0.1) is 5.92 Å². The van der Waals surface area contributed by atoms with Gasteiger partial charge in [0.1, 0.15) is 0 Å². The van der Waals surface area contributed by atoms with E-state index in [9.17, 15) is 9.59 Å². The summed E-state index contributed by atoms with van der Waals surface area (Å²) in [7, 11) is 0. The number of nitrogens with one attached hydrogen (secondary N) is 1. The number of nitrogens with two attached hydrogens (primary N) is 1. The molecule has 1 saturated carbocycles. The van der Waals surface area contributed by atoms with Gasteiger partial charge in [-0.1, -0.05) is 19.3 Å². The molecule has 2 rings (SSSR count). The Morgan fingerprint density at radius 2 is 1.67 bits per heavy atom. The number of carbonyl (C=O) groups is 2. The molecule has 2 aliphatic rings. The maximum Gasteiger partial charge on any atom is 0.317 e. The van der Waals surface area contributed by atoms with Crippen molar-refractivity contribution in [2.75, 3.05) is 32.7 Å². The number of nitrogens with zero attached hydrogens (tertiary/aromatic N) is 2. The average molecular weight is 296 g/mol. The summed E-state index contributed by atoms with van der Waals surface area (Å²) in [6.07, 6.45) is 5.28. The molecule has 3 amide bonds. The van der Waals surface area contributed by atoms with Crippen molar-refractivity contribution >= 4 is 11.9 Å². The van der Waals surface area contributed by atoms with E-state index in [0.717, 1.165) is 25.7 Å². The molecular weight excluding hydrogens is 268 g/mol. The number of hydrogen-bond acceptors (Lipinski definition) is 3. The van der Waals surface area contributed by atoms with Gasteiger partial charge in [0, 0.05) is 38.8 Å². The Labute approximate surface area is 127 Å². The zero-order valence-electron chi connectivity index (χ0n) is 13.0. The minimum atomic E-state index is -0.0317. The zero-order chi connectivity index (χ0) is 15.2. The van der Waals surface area contributed by atoms with Crippen LogP contribution in [0.2, 0.25) is 0 Å². The van der Waals surface area contributed by atoms with Crippen molar-refractivity contribution in [3.05, 3.63) is 0 Å². The fourth-order valence-corrected chi connectivity index (χ4v) is 3.27. The first-order valence-electron chi connectivity index (χ1n) is 8.20. The number of hydrogen-bond donors (Lipinski definition) is 2. The lowest BCUT2D eigenvalue weighted by Gasteiger charge is -2.37. The minimum Gasteiger partial charge on any atom is -0.339 e. The van der Waals surface area contributed by atoms with Crippen LogP contribution in [-0.4, -0.2) is 60.5 Å². The highest BCUT2D eigenvalue weighted by Gasteiger charge is 2.32. The SMILES string of the molecule is CCNC(=O)N1CCN(C(=O)C2CCCCCC2N)CC1. The van der Waals surface area contributed by atoms with Crippen molar-refractivity contribution in [1.82, 2.24) is 15.1 Å². The molecule has 0 aromatic heterocycles. The molecule has 1 aliphatic heterocycles. The predicted molar refractivity (Wildman–Crippen MR) is 81.8 cm³/mol. The predicted octanol–water partition coefficient (Wildman–Crippen LogP) is 0.768. The van der Waals surface area contributed by atoms with Gasteiger partial charge >= 0.3 is 6.03 Å². The highest BCUT2D eigenvalue weighted by Crippen LogP contribution is 2.24. The van der Waals surface area contributed by atoms with Gasteiger partial charge in [-0.3, -0.25) is 4.79 Å². The van der Waals surface area contributed by atoms with Gasteiger partial charge in [0.15, 0.2) is 0 Å². The Morgan fingerprint density at radius 1 is 1.05 bits per heavy atom. The second-order valence-electron chi connectivity index (χ2n) is 6.06. The number of piperazine rings is 1. The summed E-state index contributed by atoms with van der Waals surface area (Å²) in [5, 5.41) is 2.80. The third-order valence-corrected chi connectivity index (χ3v) is 4.59. The van der Waals surface area contributed by atoms with Gasteiger partial charge in [-0.25, -0.2) is 4.79 Å². The lowest BCUT2D eigenvalue weighted by Crippen LogP contribution is -2.55. The topological polar surface area (TPSA) is 78.7 Å². The van der Waals surface area contributed by atoms with Crippen LogP contribution in [0.1, 0.15) is 39.0 Å². The summed E-state index contributed by atoms with van der Waals surface area (Å²) < 4.78 is 0. The van der Waals surface area contributed by atoms with Crippen LogP contribution in [0, 0.1) is 5.92 Å². The number of rotatable bonds is 2. The van der Waals surface area contributed by atoms with Gasteiger partial charge in [-0.15, -0.1) is 0 Å². The molecule has 2 unspecified atom stereocenters. The van der Waals surface area contributed by atoms with Crippen molar-refractivity contribution in [2.45, 2.75) is 45.1 Å². The molecule has 0 aromatic carbocycles. The lowest BCUT2D eigenvalue weighted by molar-refractivity contribution is -0.137. The maximum absolute atomic E-state index is 12.6. The molecule has 6 heteroatoms. The van der Waals surface area contributed by atoms with E-state index in [-0.39, 0.29) is 23.9 Å². The number of urea groups is 1. The Kier molecular flexibility index (Phi) is 5.85. The highest BCUT2D eigenvalue weighted by atomic mass is 16.2. The van der Waals surface area contributed by atoms with Gasteiger partial charge in [-0.05, 0) is 19.8 Å². The second kappa shape index (κ2) is 7.64. The van der Waals surface area contributed by atoms with Crippen LogP contribution in [0.4, 0.5) is 4.79 Å². The number of amides is 3. The summed E-state index contributed by atoms with van der Waals surface area (Å²) >= 11 is 0. The molecule has 0 radical (unpaired) electrons. The van der Waals surface area contributed by atoms with Gasteiger partial charge in [0.25, 0.3) is 0 Å². The smallest absolute Gasteiger partial charge is 0.317 e. The van der Waals surface area contributed by atoms with E-state index in [2.05, 4.69) is 5.32 Å². The Morgan fingerprint density at radius 3 is 2.33 bits per heavy atom. The fourth-order valence-electron chi connectivity index (χ4n) is 3.27. The van der Waals surface area contributed by atoms with Crippen LogP contribution in [0.25, 0.3) is 0 Å². The third-order valence-electron chi connectivity index (χ3n) is 4.59. The van der Waals surface area contributed by atoms with E-state index in [1.807, 2.05) is 11.8 Å². The molecule has 0 bridgehead atoms. The van der Waals surface area contributed by atoms with Crippen molar-refractivity contribution in [3.8, 4) is 0 Å². The Hall–Kier alpha value is -1.30. The zero-order valence-corrected chi connectivity index (χ0v) is 13.0. The summed E-state index contributed by atoms with van der Waals surface area (Å²) in [4.78, 5) is 28.1. The second-order valence-corrected chi connectivity index (χ2v) is 6.06. The summed E-state index contributed by atoms with van der Waals surface area (Å²) in [6, 6.07) is -0.0304. The van der Waals surface area contributed by atoms with E-state index in [4.69, 9.17) is 5.73 Å². The first-order valence-corrected chi connectivity index (χ1v) is 8.20. The molecule has 0 spiro atoms. The minimum absolute atomic E-state index is 0.00131. The van der Waals surface area contributed by atoms with E-state index < -0.39 is 0 Å². The van der Waals surface area contributed by atoms with Crippen LogP contribution in [-0.2, 0) is 4.79 Å². The molecule has 21 heavy (non-hydrogen) atoms. The normalized spacial score (nSPS) is 27.1. The van der Waals surface area contributed by atoms with Gasteiger partial charge in [-0.2, -0.15) is 0 Å². The molecule has 0 aromatic rings. The first kappa shape index (κ1) is 16.1. The van der Waals surface area contributed by atoms with E-state index in [1.54, 1.807) is 4.90 Å². The van der Waals surface area contributed by atoms with Crippen molar-refractivity contribution in [2.24, 2.45) is 11.7 Å². The largest absolute Gasteiger partial charge is 0.339 e. The summed E-state index contributed by atoms with van der Waals surface area (Å²) in [5.74, 6) is 0.170. The quantitative estimate of drug-likeness (QED) is 0.739. The van der Waals surface area contributed by atoms with Crippen molar-refractivity contribution in [3.63, 3.8) is 0 Å². The average Bonchev–Trinajstić information content (AvgIpc) is 2.71. The van der Waals surface area contributed by atoms with Crippen LogP contribution in [0.3, 0.4) is 0 Å². The van der Waals surface area contributed by atoms with Crippen molar-refractivity contribution < 1.29 is 9.59 Å². The molecule has 1 aliphatic carbocycles. The fraction of sp³-hybridized carbons (Fsp3) is 0.867. The molecule has 2 fully saturated rings. The molecule has 2 atom stereocenters. The van der Waals surface area contributed by atoms with Crippen LogP contribution < -0.4 is 11.1 Å². The molecule has 120 valence electrons. The van der Waals surface area contributed by atoms with Crippen LogP contribution in [0.15, 0.2) is 0 Å². The Balaban J connectivity index is 1.86. The van der Waals surface area contributed by atoms with E-state index in [0.29, 0.717) is 32.7 Å². The lowest BCUT2D eigenvalue weighted by atomic mass is 9.93. The molecule has 6 nitrogen and oxygen atoms in total. The highest BCUT2D eigenvalue weighted by molar-refractivity contribution is 5.80. The molecule has 1 heterocycles. The summed E-state index contributed by atoms with van der Waals surface area (Å²) in [6.45, 7) is 5.01. The standard InChI is InChI=1S/C15H28N4O2/c1-2-17-15(21)19-10-8-18(9-11-19)14(20)12-6-4-3-5-7-13(12)16/h12-13H,2-11,16H2,1H3,(H,17,21). The summed E-state index contributed by atoms with van der Waals surface area (Å²) in [5.41, 5.74) is 6.18. The molecule has 3 N–H and O–H groups in total. The van der Waals surface area contributed by atoms with Crippen LogP contribution in [0.5, 0.6) is 0 Å². The van der Waals surface area contributed by atoms with Crippen LogP contribution >= 0.6 is 0 Å². The van der Waals surface area contributed by atoms with E-state index in [1.165, 1.54) is 6.42 Å². The molecule has 1 saturated heterocycles. The number of carbonyl (C=O) groups excluding carboxylic acids is 2. The maximum atomic E-state index is 12.6. The Bertz CT molecular complexity index is 367. The van der Waals surface area contributed by atoms with Crippen molar-refractivity contribution in [1.29, 1.82) is 0 Å².